The maximum atomic E-state index is 8.88. The smallest absolute Gasteiger partial charge is 0.131 e. The molecule has 0 amide bonds. The van der Waals surface area contributed by atoms with Crippen LogP contribution in [0.1, 0.15) is 5.82 Å². The molecule has 1 heterocycles. The first-order valence-electron chi connectivity index (χ1n) is 5.51. The van der Waals surface area contributed by atoms with Crippen molar-refractivity contribution < 1.29 is 9.84 Å². The Morgan fingerprint density at radius 1 is 1.33 bits per heavy atom. The molecule has 0 aliphatic carbocycles. The summed E-state index contributed by atoms with van der Waals surface area (Å²) in [7, 11) is 1.59. The van der Waals surface area contributed by atoms with Gasteiger partial charge in [0.2, 0.25) is 0 Å². The molecule has 4 nitrogen and oxygen atoms in total. The fourth-order valence-electron chi connectivity index (χ4n) is 1.60. The number of rotatable bonds is 4. The second kappa shape index (κ2) is 5.80. The van der Waals surface area contributed by atoms with E-state index in [0.29, 0.717) is 23.0 Å². The average molecular weight is 265 g/mol. The van der Waals surface area contributed by atoms with Crippen molar-refractivity contribution in [2.45, 2.75) is 6.42 Å². The topological polar surface area (TPSA) is 55.2 Å². The maximum Gasteiger partial charge on any atom is 0.131 e. The van der Waals surface area contributed by atoms with Crippen molar-refractivity contribution in [3.63, 3.8) is 0 Å². The average Bonchev–Trinajstić information content (AvgIpc) is 2.39. The molecule has 0 unspecified atom stereocenters. The van der Waals surface area contributed by atoms with E-state index in [-0.39, 0.29) is 6.61 Å². The van der Waals surface area contributed by atoms with E-state index in [1.807, 2.05) is 12.1 Å². The quantitative estimate of drug-likeness (QED) is 0.921. The molecule has 0 aliphatic heterocycles. The Hall–Kier alpha value is -1.65. The number of halogens is 1. The van der Waals surface area contributed by atoms with E-state index in [9.17, 15) is 0 Å². The van der Waals surface area contributed by atoms with E-state index in [0.717, 1.165) is 11.3 Å². The van der Waals surface area contributed by atoms with E-state index in [1.165, 1.54) is 0 Å². The van der Waals surface area contributed by atoms with Crippen LogP contribution in [0, 0.1) is 0 Å². The third-order valence-corrected chi connectivity index (χ3v) is 2.81. The highest BCUT2D eigenvalue weighted by Gasteiger charge is 2.07. The van der Waals surface area contributed by atoms with Gasteiger partial charge in [-0.15, -0.1) is 0 Å². The molecular formula is C13H13ClN2O2. The van der Waals surface area contributed by atoms with Crippen LogP contribution in [0.3, 0.4) is 0 Å². The number of aliphatic hydroxyl groups excluding tert-OH is 1. The third-order valence-electron chi connectivity index (χ3n) is 2.49. The lowest BCUT2D eigenvalue weighted by atomic mass is 10.1. The standard InChI is InChI=1S/C13H13ClN2O2/c1-18-9-2-3-10(11(14)8-9)12-4-6-15-13(16-12)5-7-17/h2-4,6,8,17H,5,7H2,1H3. The first kappa shape index (κ1) is 12.8. The van der Waals surface area contributed by atoms with Crippen molar-refractivity contribution in [2.75, 3.05) is 13.7 Å². The van der Waals surface area contributed by atoms with Gasteiger partial charge in [-0.05, 0) is 24.3 Å². The van der Waals surface area contributed by atoms with Crippen LogP contribution in [0.25, 0.3) is 11.3 Å². The van der Waals surface area contributed by atoms with Gasteiger partial charge in [0.05, 0.1) is 24.4 Å². The molecule has 5 heteroatoms. The largest absolute Gasteiger partial charge is 0.497 e. The van der Waals surface area contributed by atoms with Crippen molar-refractivity contribution in [1.82, 2.24) is 9.97 Å². The van der Waals surface area contributed by atoms with E-state index < -0.39 is 0 Å². The minimum Gasteiger partial charge on any atom is -0.497 e. The molecule has 0 saturated heterocycles. The Morgan fingerprint density at radius 3 is 2.83 bits per heavy atom. The number of nitrogens with zero attached hydrogens (tertiary/aromatic N) is 2. The summed E-state index contributed by atoms with van der Waals surface area (Å²) in [6.07, 6.45) is 2.09. The van der Waals surface area contributed by atoms with Crippen molar-refractivity contribution in [3.05, 3.63) is 41.3 Å². The number of benzene rings is 1. The molecule has 1 aromatic carbocycles. The normalized spacial score (nSPS) is 10.4. The Kier molecular flexibility index (Phi) is 4.12. The second-order valence-corrected chi connectivity index (χ2v) is 4.08. The zero-order valence-electron chi connectivity index (χ0n) is 9.93. The first-order chi connectivity index (χ1) is 8.74. The fourth-order valence-corrected chi connectivity index (χ4v) is 1.87. The van der Waals surface area contributed by atoms with Gasteiger partial charge in [0.1, 0.15) is 11.6 Å². The second-order valence-electron chi connectivity index (χ2n) is 3.68. The van der Waals surface area contributed by atoms with Gasteiger partial charge in [-0.1, -0.05) is 11.6 Å². The predicted octanol–water partition coefficient (Wildman–Crippen LogP) is 2.34. The molecular weight excluding hydrogens is 252 g/mol. The number of hydrogen-bond donors (Lipinski definition) is 1. The van der Waals surface area contributed by atoms with Crippen LogP contribution < -0.4 is 4.74 Å². The molecule has 1 aromatic heterocycles. The van der Waals surface area contributed by atoms with Crippen LogP contribution in [-0.4, -0.2) is 28.8 Å². The number of methoxy groups -OCH3 is 1. The lowest BCUT2D eigenvalue weighted by molar-refractivity contribution is 0.296. The molecule has 0 fully saturated rings. The molecule has 0 bridgehead atoms. The van der Waals surface area contributed by atoms with Crippen LogP contribution in [0.15, 0.2) is 30.5 Å². The minimum atomic E-state index is 0.0276. The highest BCUT2D eigenvalue weighted by Crippen LogP contribution is 2.29. The van der Waals surface area contributed by atoms with Crippen LogP contribution in [0.2, 0.25) is 5.02 Å². The molecule has 0 aliphatic rings. The molecule has 0 saturated carbocycles. The summed E-state index contributed by atoms with van der Waals surface area (Å²) in [6.45, 7) is 0.0276. The SMILES string of the molecule is COc1ccc(-c2ccnc(CCO)n2)c(Cl)c1. The highest BCUT2D eigenvalue weighted by atomic mass is 35.5. The van der Waals surface area contributed by atoms with Crippen LogP contribution in [-0.2, 0) is 6.42 Å². The van der Waals surface area contributed by atoms with Gasteiger partial charge < -0.3 is 9.84 Å². The first-order valence-corrected chi connectivity index (χ1v) is 5.89. The Balaban J connectivity index is 2.38. The summed E-state index contributed by atoms with van der Waals surface area (Å²) in [4.78, 5) is 8.43. The summed E-state index contributed by atoms with van der Waals surface area (Å²) in [5.74, 6) is 1.30. The summed E-state index contributed by atoms with van der Waals surface area (Å²) < 4.78 is 5.10. The Labute approximate surface area is 110 Å². The molecule has 0 spiro atoms. The molecule has 1 N–H and O–H groups in total. The van der Waals surface area contributed by atoms with Gasteiger partial charge in [0, 0.05) is 18.2 Å². The summed E-state index contributed by atoms with van der Waals surface area (Å²) in [5, 5.41) is 9.45. The van der Waals surface area contributed by atoms with Gasteiger partial charge in [0.25, 0.3) is 0 Å². The van der Waals surface area contributed by atoms with E-state index in [1.54, 1.807) is 25.4 Å². The van der Waals surface area contributed by atoms with Crippen LogP contribution in [0.5, 0.6) is 5.75 Å². The molecule has 2 rings (SSSR count). The van der Waals surface area contributed by atoms with Crippen molar-refractivity contribution in [3.8, 4) is 17.0 Å². The number of aliphatic hydroxyl groups is 1. The Bertz CT molecular complexity index is 546. The van der Waals surface area contributed by atoms with Crippen LogP contribution >= 0.6 is 11.6 Å². The zero-order valence-corrected chi connectivity index (χ0v) is 10.7. The predicted molar refractivity (Wildman–Crippen MR) is 69.8 cm³/mol. The van der Waals surface area contributed by atoms with Crippen molar-refractivity contribution >= 4 is 11.6 Å². The lowest BCUT2D eigenvalue weighted by Gasteiger charge is -2.07. The van der Waals surface area contributed by atoms with Gasteiger partial charge in [-0.25, -0.2) is 9.97 Å². The number of hydrogen-bond acceptors (Lipinski definition) is 4. The van der Waals surface area contributed by atoms with Gasteiger partial charge >= 0.3 is 0 Å². The van der Waals surface area contributed by atoms with E-state index in [4.69, 9.17) is 21.4 Å². The molecule has 18 heavy (non-hydrogen) atoms. The molecule has 0 atom stereocenters. The summed E-state index contributed by atoms with van der Waals surface area (Å²) in [5.41, 5.74) is 1.56. The van der Waals surface area contributed by atoms with E-state index >= 15 is 0 Å². The fraction of sp³-hybridized carbons (Fsp3) is 0.231. The van der Waals surface area contributed by atoms with E-state index in [2.05, 4.69) is 9.97 Å². The minimum absolute atomic E-state index is 0.0276. The van der Waals surface area contributed by atoms with Crippen LogP contribution in [0.4, 0.5) is 0 Å². The Morgan fingerprint density at radius 2 is 2.17 bits per heavy atom. The summed E-state index contributed by atoms with van der Waals surface area (Å²) in [6, 6.07) is 7.21. The lowest BCUT2D eigenvalue weighted by Crippen LogP contribution is -1.99. The maximum absolute atomic E-state index is 8.88. The molecule has 94 valence electrons. The highest BCUT2D eigenvalue weighted by molar-refractivity contribution is 6.33. The number of ether oxygens (including phenoxy) is 1. The van der Waals surface area contributed by atoms with Gasteiger partial charge in [-0.3, -0.25) is 0 Å². The third kappa shape index (κ3) is 2.78. The van der Waals surface area contributed by atoms with Gasteiger partial charge in [-0.2, -0.15) is 0 Å². The molecule has 2 aromatic rings. The summed E-state index contributed by atoms with van der Waals surface area (Å²) >= 11 is 6.18. The van der Waals surface area contributed by atoms with Crippen molar-refractivity contribution in [2.24, 2.45) is 0 Å². The van der Waals surface area contributed by atoms with Crippen molar-refractivity contribution in [1.29, 1.82) is 0 Å². The zero-order chi connectivity index (χ0) is 13.0. The molecule has 0 radical (unpaired) electrons. The van der Waals surface area contributed by atoms with Gasteiger partial charge in [0.15, 0.2) is 0 Å². The number of aromatic nitrogens is 2. The monoisotopic (exact) mass is 264 g/mol.